The molecule has 0 radical (unpaired) electrons. The maximum absolute atomic E-state index is 13.2. The summed E-state index contributed by atoms with van der Waals surface area (Å²) in [5, 5.41) is 18.4. The lowest BCUT2D eigenvalue weighted by Gasteiger charge is -2.35. The number of hydrogen-bond acceptors (Lipinski definition) is 5. The van der Waals surface area contributed by atoms with Gasteiger partial charge in [0, 0.05) is 30.6 Å². The summed E-state index contributed by atoms with van der Waals surface area (Å²) in [6.07, 6.45) is 4.98. The van der Waals surface area contributed by atoms with Gasteiger partial charge in [0.15, 0.2) is 5.69 Å². The molecule has 1 aromatic carbocycles. The number of benzene rings is 1. The van der Waals surface area contributed by atoms with Crippen molar-refractivity contribution in [3.8, 4) is 5.69 Å². The second-order valence-corrected chi connectivity index (χ2v) is 7.37. The molecule has 1 amide bonds. The van der Waals surface area contributed by atoms with Crippen molar-refractivity contribution in [2.45, 2.75) is 45.1 Å². The van der Waals surface area contributed by atoms with E-state index >= 15 is 0 Å². The van der Waals surface area contributed by atoms with Crippen LogP contribution in [0.3, 0.4) is 0 Å². The van der Waals surface area contributed by atoms with Crippen molar-refractivity contribution in [2.75, 3.05) is 6.54 Å². The predicted molar refractivity (Wildman–Crippen MR) is 107 cm³/mol. The molecule has 2 aromatic heterocycles. The number of rotatable bonds is 5. The fourth-order valence-corrected chi connectivity index (χ4v) is 4.01. The van der Waals surface area contributed by atoms with Crippen LogP contribution >= 0.6 is 0 Å². The van der Waals surface area contributed by atoms with Gasteiger partial charge in [-0.25, -0.2) is 4.68 Å². The summed E-state index contributed by atoms with van der Waals surface area (Å²) in [5.74, 6) is -1.02. The van der Waals surface area contributed by atoms with Gasteiger partial charge in [0.1, 0.15) is 0 Å². The number of aromatic nitrogens is 4. The van der Waals surface area contributed by atoms with Crippen LogP contribution in [0.15, 0.2) is 36.5 Å². The number of para-hydroxylation sites is 1. The van der Waals surface area contributed by atoms with Crippen LogP contribution < -0.4 is 0 Å². The van der Waals surface area contributed by atoms with Gasteiger partial charge in [0.2, 0.25) is 0 Å². The molecule has 1 aliphatic rings. The number of piperidine rings is 1. The molecule has 0 aliphatic carbocycles. The van der Waals surface area contributed by atoms with E-state index < -0.39 is 5.97 Å². The molecular weight excluding hydrogens is 370 g/mol. The SMILES string of the molecule is Cc1c(C(=O)N2CCCCC2CCC(=O)O)nnn1-c1cccc2cccnc12. The van der Waals surface area contributed by atoms with E-state index in [-0.39, 0.29) is 18.4 Å². The van der Waals surface area contributed by atoms with Crippen LogP contribution in [0.4, 0.5) is 0 Å². The average molecular weight is 393 g/mol. The lowest BCUT2D eigenvalue weighted by Crippen LogP contribution is -2.44. The van der Waals surface area contributed by atoms with Gasteiger partial charge in [-0.15, -0.1) is 5.10 Å². The molecule has 29 heavy (non-hydrogen) atoms. The van der Waals surface area contributed by atoms with Crippen molar-refractivity contribution in [3.63, 3.8) is 0 Å². The van der Waals surface area contributed by atoms with Crippen molar-refractivity contribution in [3.05, 3.63) is 47.9 Å². The molecule has 3 heterocycles. The average Bonchev–Trinajstić information content (AvgIpc) is 3.12. The molecule has 3 aromatic rings. The quantitative estimate of drug-likeness (QED) is 0.715. The van der Waals surface area contributed by atoms with Crippen molar-refractivity contribution >= 4 is 22.8 Å². The highest BCUT2D eigenvalue weighted by molar-refractivity contribution is 5.94. The summed E-state index contributed by atoms with van der Waals surface area (Å²) in [4.78, 5) is 30.4. The maximum Gasteiger partial charge on any atom is 0.303 e. The fourth-order valence-electron chi connectivity index (χ4n) is 4.01. The van der Waals surface area contributed by atoms with Gasteiger partial charge in [-0.1, -0.05) is 23.4 Å². The van der Waals surface area contributed by atoms with Gasteiger partial charge in [0.25, 0.3) is 5.91 Å². The van der Waals surface area contributed by atoms with Crippen molar-refractivity contribution in [1.82, 2.24) is 24.9 Å². The summed E-state index contributed by atoms with van der Waals surface area (Å²) >= 11 is 0. The molecule has 1 atom stereocenters. The number of carbonyl (C=O) groups is 2. The van der Waals surface area contributed by atoms with E-state index in [1.54, 1.807) is 15.8 Å². The molecule has 1 aliphatic heterocycles. The van der Waals surface area contributed by atoms with Crippen LogP contribution in [0.2, 0.25) is 0 Å². The van der Waals surface area contributed by atoms with E-state index in [0.29, 0.717) is 24.4 Å². The minimum absolute atomic E-state index is 0.0573. The maximum atomic E-state index is 13.2. The van der Waals surface area contributed by atoms with Crippen LogP contribution in [-0.4, -0.2) is 54.4 Å². The largest absolute Gasteiger partial charge is 0.481 e. The van der Waals surface area contributed by atoms with Gasteiger partial charge in [-0.2, -0.15) is 0 Å². The highest BCUT2D eigenvalue weighted by atomic mass is 16.4. The Hall–Kier alpha value is -3.29. The van der Waals surface area contributed by atoms with Gasteiger partial charge >= 0.3 is 5.97 Å². The smallest absolute Gasteiger partial charge is 0.303 e. The zero-order valence-electron chi connectivity index (χ0n) is 16.3. The molecule has 0 saturated carbocycles. The third-order valence-electron chi connectivity index (χ3n) is 5.52. The number of hydrogen-bond donors (Lipinski definition) is 1. The molecule has 8 nitrogen and oxygen atoms in total. The number of amides is 1. The molecule has 1 saturated heterocycles. The first-order valence-corrected chi connectivity index (χ1v) is 9.85. The highest BCUT2D eigenvalue weighted by Gasteiger charge is 2.31. The summed E-state index contributed by atoms with van der Waals surface area (Å²) in [6.45, 7) is 2.44. The Morgan fingerprint density at radius 1 is 1.21 bits per heavy atom. The normalized spacial score (nSPS) is 16.9. The van der Waals surface area contributed by atoms with Gasteiger partial charge in [0.05, 0.1) is 16.9 Å². The van der Waals surface area contributed by atoms with E-state index in [9.17, 15) is 9.59 Å². The fraction of sp³-hybridized carbons (Fsp3) is 0.381. The first kappa shape index (κ1) is 19.0. The summed E-state index contributed by atoms with van der Waals surface area (Å²) in [7, 11) is 0. The van der Waals surface area contributed by atoms with Crippen LogP contribution in [0, 0.1) is 6.92 Å². The number of carbonyl (C=O) groups excluding carboxylic acids is 1. The molecular formula is C21H23N5O3. The topological polar surface area (TPSA) is 101 Å². The Balaban J connectivity index is 1.65. The zero-order valence-corrected chi connectivity index (χ0v) is 16.3. The highest BCUT2D eigenvalue weighted by Crippen LogP contribution is 2.25. The molecule has 0 spiro atoms. The first-order valence-electron chi connectivity index (χ1n) is 9.85. The number of carboxylic acid groups (broad SMARTS) is 1. The molecule has 8 heteroatoms. The van der Waals surface area contributed by atoms with E-state index in [4.69, 9.17) is 5.11 Å². The van der Waals surface area contributed by atoms with Gasteiger partial charge in [-0.3, -0.25) is 14.6 Å². The third-order valence-corrected chi connectivity index (χ3v) is 5.52. The minimum Gasteiger partial charge on any atom is -0.481 e. The Bertz CT molecular complexity index is 1060. The van der Waals surface area contributed by atoms with Crippen LogP contribution in [0.1, 0.15) is 48.3 Å². The predicted octanol–water partition coefficient (Wildman–Crippen LogP) is 2.98. The summed E-state index contributed by atoms with van der Waals surface area (Å²) in [5.41, 5.74) is 2.52. The minimum atomic E-state index is -0.839. The Labute approximate surface area is 168 Å². The third kappa shape index (κ3) is 3.70. The molecule has 1 fully saturated rings. The van der Waals surface area contributed by atoms with Crippen LogP contribution in [0.25, 0.3) is 16.6 Å². The Morgan fingerprint density at radius 2 is 2.03 bits per heavy atom. The second kappa shape index (κ2) is 7.98. The van der Waals surface area contributed by atoms with E-state index in [1.807, 2.05) is 37.3 Å². The number of pyridine rings is 1. The molecule has 1 N–H and O–H groups in total. The van der Waals surface area contributed by atoms with E-state index in [1.165, 1.54) is 0 Å². The Kier molecular flexibility index (Phi) is 5.24. The lowest BCUT2D eigenvalue weighted by molar-refractivity contribution is -0.137. The van der Waals surface area contributed by atoms with Gasteiger partial charge in [-0.05, 0) is 44.7 Å². The molecule has 150 valence electrons. The van der Waals surface area contributed by atoms with Crippen molar-refractivity contribution in [1.29, 1.82) is 0 Å². The van der Waals surface area contributed by atoms with Crippen molar-refractivity contribution < 1.29 is 14.7 Å². The number of likely N-dealkylation sites (tertiary alicyclic amines) is 1. The summed E-state index contributed by atoms with van der Waals surface area (Å²) < 4.78 is 1.65. The Morgan fingerprint density at radius 3 is 2.86 bits per heavy atom. The second-order valence-electron chi connectivity index (χ2n) is 7.37. The van der Waals surface area contributed by atoms with Crippen LogP contribution in [0.5, 0.6) is 0 Å². The standard InChI is InChI=1S/C21H23N5O3/c1-14-19(21(29)25-13-3-2-8-16(25)10-11-18(27)28)23-24-26(14)17-9-4-6-15-7-5-12-22-20(15)17/h4-7,9,12,16H,2-3,8,10-11,13H2,1H3,(H,27,28). The number of fused-ring (bicyclic) bond motifs is 1. The van der Waals surface area contributed by atoms with E-state index in [2.05, 4.69) is 15.3 Å². The molecule has 1 unspecified atom stereocenters. The van der Waals surface area contributed by atoms with Gasteiger partial charge < -0.3 is 10.0 Å². The summed E-state index contributed by atoms with van der Waals surface area (Å²) in [6, 6.07) is 9.59. The van der Waals surface area contributed by atoms with Crippen LogP contribution in [-0.2, 0) is 4.79 Å². The number of nitrogens with zero attached hydrogens (tertiary/aromatic N) is 5. The molecule has 4 rings (SSSR count). The zero-order chi connectivity index (χ0) is 20.4. The monoisotopic (exact) mass is 393 g/mol. The number of carboxylic acids is 1. The van der Waals surface area contributed by atoms with E-state index in [0.717, 1.165) is 35.9 Å². The molecule has 0 bridgehead atoms. The lowest BCUT2D eigenvalue weighted by atomic mass is 9.97. The van der Waals surface area contributed by atoms with Crippen molar-refractivity contribution in [2.24, 2.45) is 0 Å². The first-order chi connectivity index (χ1) is 14.1. The number of aliphatic carboxylic acids is 1.